The molecule has 0 bridgehead atoms. The predicted octanol–water partition coefficient (Wildman–Crippen LogP) is 3.47. The van der Waals surface area contributed by atoms with Gasteiger partial charge in [0.05, 0.1) is 33.1 Å². The molecule has 25 heavy (non-hydrogen) atoms. The molecule has 2 heterocycles. The van der Waals surface area contributed by atoms with Crippen LogP contribution in [0.4, 0.5) is 0 Å². The molecule has 0 saturated heterocycles. The minimum Gasteiger partial charge on any atom is -0.493 e. The van der Waals surface area contributed by atoms with Gasteiger partial charge in [0.2, 0.25) is 11.7 Å². The van der Waals surface area contributed by atoms with Crippen LogP contribution < -0.4 is 14.2 Å². The molecule has 3 rings (SSSR count). The SMILES string of the molecule is COc1cc(C2=NN(C(C)=O)[C@H](c3cccs3)C2)cc(OC)c1OC. The summed E-state index contributed by atoms with van der Waals surface area (Å²) in [5, 5.41) is 8.11. The smallest absolute Gasteiger partial charge is 0.240 e. The summed E-state index contributed by atoms with van der Waals surface area (Å²) in [6.07, 6.45) is 0.638. The number of nitrogens with zero attached hydrogens (tertiary/aromatic N) is 2. The summed E-state index contributed by atoms with van der Waals surface area (Å²) in [5.41, 5.74) is 1.66. The minimum atomic E-state index is -0.0826. The van der Waals surface area contributed by atoms with Crippen LogP contribution in [0.25, 0.3) is 0 Å². The molecule has 2 aromatic rings. The lowest BCUT2D eigenvalue weighted by atomic mass is 10.0. The van der Waals surface area contributed by atoms with Crippen molar-refractivity contribution in [1.29, 1.82) is 0 Å². The maximum Gasteiger partial charge on any atom is 0.240 e. The molecule has 0 radical (unpaired) electrons. The third-order valence-corrected chi connectivity index (χ3v) is 5.08. The summed E-state index contributed by atoms with van der Waals surface area (Å²) in [5.74, 6) is 1.58. The van der Waals surface area contributed by atoms with Crippen molar-refractivity contribution < 1.29 is 19.0 Å². The zero-order chi connectivity index (χ0) is 18.0. The van der Waals surface area contributed by atoms with Gasteiger partial charge in [-0.05, 0) is 23.6 Å². The van der Waals surface area contributed by atoms with E-state index in [2.05, 4.69) is 5.10 Å². The maximum absolute atomic E-state index is 12.0. The van der Waals surface area contributed by atoms with E-state index in [0.717, 1.165) is 16.2 Å². The first-order chi connectivity index (χ1) is 12.1. The normalized spacial score (nSPS) is 16.6. The Morgan fingerprint density at radius 1 is 1.20 bits per heavy atom. The Labute approximate surface area is 150 Å². The van der Waals surface area contributed by atoms with Crippen molar-refractivity contribution in [2.24, 2.45) is 5.10 Å². The highest BCUT2D eigenvalue weighted by molar-refractivity contribution is 7.10. The van der Waals surface area contributed by atoms with E-state index >= 15 is 0 Å². The molecule has 1 aromatic heterocycles. The first-order valence-corrected chi connectivity index (χ1v) is 8.68. The molecule has 1 atom stereocenters. The standard InChI is InChI=1S/C18H20N2O4S/c1-11(21)20-14(17-6-5-7-25-17)10-13(19-20)12-8-15(22-2)18(24-4)16(9-12)23-3/h5-9,14H,10H2,1-4H3/t14-/m0/s1. The lowest BCUT2D eigenvalue weighted by molar-refractivity contribution is -0.130. The molecule has 6 nitrogen and oxygen atoms in total. The fraction of sp³-hybridized carbons (Fsp3) is 0.333. The molecule has 0 fully saturated rings. The Morgan fingerprint density at radius 3 is 2.36 bits per heavy atom. The fourth-order valence-corrected chi connectivity index (χ4v) is 3.74. The Morgan fingerprint density at radius 2 is 1.88 bits per heavy atom. The van der Waals surface area contributed by atoms with Gasteiger partial charge in [-0.2, -0.15) is 5.10 Å². The molecule has 1 aromatic carbocycles. The average Bonchev–Trinajstić information content (AvgIpc) is 3.29. The number of hydrogen-bond acceptors (Lipinski definition) is 6. The maximum atomic E-state index is 12.0. The number of carbonyl (C=O) groups excluding carboxylic acids is 1. The zero-order valence-electron chi connectivity index (χ0n) is 14.6. The van der Waals surface area contributed by atoms with Crippen LogP contribution in [0, 0.1) is 0 Å². The third-order valence-electron chi connectivity index (χ3n) is 4.10. The van der Waals surface area contributed by atoms with Crippen molar-refractivity contribution in [1.82, 2.24) is 5.01 Å². The van der Waals surface area contributed by atoms with E-state index in [1.807, 2.05) is 29.6 Å². The molecular formula is C18H20N2O4S. The molecule has 7 heteroatoms. The van der Waals surface area contributed by atoms with Crippen molar-refractivity contribution in [3.63, 3.8) is 0 Å². The number of benzene rings is 1. The van der Waals surface area contributed by atoms with Gasteiger partial charge in [-0.15, -0.1) is 11.3 Å². The fourth-order valence-electron chi connectivity index (χ4n) is 2.93. The highest BCUT2D eigenvalue weighted by Gasteiger charge is 2.32. The van der Waals surface area contributed by atoms with E-state index in [1.165, 1.54) is 6.92 Å². The molecule has 1 amide bonds. The number of amides is 1. The molecule has 1 aliphatic heterocycles. The van der Waals surface area contributed by atoms with Gasteiger partial charge in [0.1, 0.15) is 0 Å². The number of ether oxygens (including phenoxy) is 3. The molecular weight excluding hydrogens is 340 g/mol. The highest BCUT2D eigenvalue weighted by Crippen LogP contribution is 2.41. The van der Waals surface area contributed by atoms with Crippen LogP contribution in [0.2, 0.25) is 0 Å². The van der Waals surface area contributed by atoms with E-state index in [1.54, 1.807) is 37.7 Å². The second kappa shape index (κ2) is 7.14. The van der Waals surface area contributed by atoms with Crippen LogP contribution in [0.5, 0.6) is 17.2 Å². The summed E-state index contributed by atoms with van der Waals surface area (Å²) in [7, 11) is 4.72. The van der Waals surface area contributed by atoms with Gasteiger partial charge >= 0.3 is 0 Å². The summed E-state index contributed by atoms with van der Waals surface area (Å²) >= 11 is 1.62. The van der Waals surface area contributed by atoms with Crippen LogP contribution in [-0.4, -0.2) is 38.0 Å². The Hall–Kier alpha value is -2.54. The van der Waals surface area contributed by atoms with E-state index in [-0.39, 0.29) is 11.9 Å². The summed E-state index contributed by atoms with van der Waals surface area (Å²) < 4.78 is 16.2. The molecule has 1 aliphatic rings. The lowest BCUT2D eigenvalue weighted by Gasteiger charge is -2.18. The number of rotatable bonds is 5. The molecule has 132 valence electrons. The topological polar surface area (TPSA) is 60.4 Å². The van der Waals surface area contributed by atoms with Gasteiger partial charge in [-0.3, -0.25) is 4.79 Å². The molecule has 0 unspecified atom stereocenters. The number of carbonyl (C=O) groups is 1. The summed E-state index contributed by atoms with van der Waals surface area (Å²) in [6.45, 7) is 1.53. The van der Waals surface area contributed by atoms with Gasteiger partial charge in [0.25, 0.3) is 0 Å². The van der Waals surface area contributed by atoms with E-state index in [0.29, 0.717) is 23.7 Å². The van der Waals surface area contributed by atoms with Crippen molar-refractivity contribution in [3.8, 4) is 17.2 Å². The first kappa shape index (κ1) is 17.3. The van der Waals surface area contributed by atoms with Crippen LogP contribution in [0.1, 0.15) is 29.8 Å². The second-order valence-corrected chi connectivity index (χ2v) is 6.54. The monoisotopic (exact) mass is 360 g/mol. The van der Waals surface area contributed by atoms with E-state index in [4.69, 9.17) is 14.2 Å². The molecule has 0 N–H and O–H groups in total. The van der Waals surface area contributed by atoms with Gasteiger partial charge < -0.3 is 14.2 Å². The van der Waals surface area contributed by atoms with Gasteiger partial charge in [0.15, 0.2) is 11.5 Å². The zero-order valence-corrected chi connectivity index (χ0v) is 15.4. The third kappa shape index (κ3) is 3.19. The summed E-state index contributed by atoms with van der Waals surface area (Å²) in [6, 6.07) is 7.64. The van der Waals surface area contributed by atoms with Gasteiger partial charge in [-0.1, -0.05) is 6.07 Å². The minimum absolute atomic E-state index is 0.0772. The van der Waals surface area contributed by atoms with Crippen molar-refractivity contribution >= 4 is 23.0 Å². The average molecular weight is 360 g/mol. The first-order valence-electron chi connectivity index (χ1n) is 7.80. The number of hydrazone groups is 1. The number of thiophene rings is 1. The quantitative estimate of drug-likeness (QED) is 0.819. The van der Waals surface area contributed by atoms with Crippen LogP contribution in [0.3, 0.4) is 0 Å². The number of methoxy groups -OCH3 is 3. The van der Waals surface area contributed by atoms with Crippen molar-refractivity contribution in [2.45, 2.75) is 19.4 Å². The molecule has 0 saturated carbocycles. The molecule has 0 spiro atoms. The molecule has 0 aliphatic carbocycles. The van der Waals surface area contributed by atoms with Crippen molar-refractivity contribution in [3.05, 3.63) is 40.1 Å². The number of hydrogen-bond donors (Lipinski definition) is 0. The van der Waals surface area contributed by atoms with Gasteiger partial charge in [-0.25, -0.2) is 5.01 Å². The van der Waals surface area contributed by atoms with Crippen LogP contribution in [0.15, 0.2) is 34.7 Å². The Kier molecular flexibility index (Phi) is 4.94. The van der Waals surface area contributed by atoms with Gasteiger partial charge in [0, 0.05) is 23.8 Å². The van der Waals surface area contributed by atoms with Crippen LogP contribution >= 0.6 is 11.3 Å². The van der Waals surface area contributed by atoms with Crippen LogP contribution in [-0.2, 0) is 4.79 Å². The largest absolute Gasteiger partial charge is 0.493 e. The van der Waals surface area contributed by atoms with E-state index < -0.39 is 0 Å². The Bertz CT molecular complexity index is 776. The van der Waals surface area contributed by atoms with E-state index in [9.17, 15) is 4.79 Å². The highest BCUT2D eigenvalue weighted by atomic mass is 32.1. The summed E-state index contributed by atoms with van der Waals surface area (Å²) in [4.78, 5) is 13.1. The lowest BCUT2D eigenvalue weighted by Crippen LogP contribution is -2.23. The van der Waals surface area contributed by atoms with Crippen molar-refractivity contribution in [2.75, 3.05) is 21.3 Å². The Balaban J connectivity index is 2.01. The predicted molar refractivity (Wildman–Crippen MR) is 96.8 cm³/mol. The second-order valence-electron chi connectivity index (χ2n) is 5.56.